The lowest BCUT2D eigenvalue weighted by atomic mass is 10.0. The average molecular weight is 238 g/mol. The normalized spacial score (nSPS) is 21.9. The highest BCUT2D eigenvalue weighted by molar-refractivity contribution is 5.10. The third kappa shape index (κ3) is 3.28. The minimum atomic E-state index is 0.257. The van der Waals surface area contributed by atoms with Crippen LogP contribution in [0.25, 0.3) is 0 Å². The van der Waals surface area contributed by atoms with Gasteiger partial charge in [-0.05, 0) is 32.3 Å². The highest BCUT2D eigenvalue weighted by atomic mass is 16.5. The Morgan fingerprint density at radius 2 is 2.53 bits per heavy atom. The standard InChI is InChI=1S/C12H22N4O/c1-9-6-11(16(2)15-9)7-10(14-13)8-12-4-3-5-17-12/h6,10,12,14H,3-5,7-8,13H2,1-2H3. The molecule has 0 aliphatic carbocycles. The maximum atomic E-state index is 5.64. The second kappa shape index (κ2) is 5.62. The fourth-order valence-electron chi connectivity index (χ4n) is 2.47. The van der Waals surface area contributed by atoms with E-state index >= 15 is 0 Å². The van der Waals surface area contributed by atoms with Crippen molar-refractivity contribution in [1.29, 1.82) is 0 Å². The van der Waals surface area contributed by atoms with Crippen LogP contribution >= 0.6 is 0 Å². The van der Waals surface area contributed by atoms with Gasteiger partial charge in [-0.25, -0.2) is 0 Å². The van der Waals surface area contributed by atoms with Gasteiger partial charge in [0.1, 0.15) is 0 Å². The van der Waals surface area contributed by atoms with E-state index in [-0.39, 0.29) is 6.04 Å². The van der Waals surface area contributed by atoms with E-state index in [1.165, 1.54) is 12.1 Å². The number of aromatic nitrogens is 2. The smallest absolute Gasteiger partial charge is 0.0596 e. The van der Waals surface area contributed by atoms with Crippen molar-refractivity contribution in [3.05, 3.63) is 17.5 Å². The van der Waals surface area contributed by atoms with Crippen LogP contribution in [-0.4, -0.2) is 28.5 Å². The van der Waals surface area contributed by atoms with E-state index in [2.05, 4.69) is 16.6 Å². The minimum Gasteiger partial charge on any atom is -0.378 e. The van der Waals surface area contributed by atoms with E-state index in [9.17, 15) is 0 Å². The molecule has 5 heteroatoms. The lowest BCUT2D eigenvalue weighted by molar-refractivity contribution is 0.0944. The van der Waals surface area contributed by atoms with Gasteiger partial charge in [-0.1, -0.05) is 0 Å². The zero-order valence-corrected chi connectivity index (χ0v) is 10.6. The molecule has 1 aromatic heterocycles. The highest BCUT2D eigenvalue weighted by Gasteiger charge is 2.21. The molecule has 1 aliphatic rings. The lowest BCUT2D eigenvalue weighted by Crippen LogP contribution is -2.39. The molecule has 1 aromatic rings. The summed E-state index contributed by atoms with van der Waals surface area (Å²) in [5, 5.41) is 4.35. The number of nitrogens with two attached hydrogens (primary N) is 1. The topological polar surface area (TPSA) is 65.1 Å². The van der Waals surface area contributed by atoms with Crippen molar-refractivity contribution in [3.8, 4) is 0 Å². The quantitative estimate of drug-likeness (QED) is 0.584. The van der Waals surface area contributed by atoms with Crippen LogP contribution in [0, 0.1) is 6.92 Å². The Morgan fingerprint density at radius 1 is 1.71 bits per heavy atom. The van der Waals surface area contributed by atoms with Gasteiger partial charge in [0, 0.05) is 31.8 Å². The largest absolute Gasteiger partial charge is 0.378 e. The minimum absolute atomic E-state index is 0.257. The number of ether oxygens (including phenoxy) is 1. The maximum absolute atomic E-state index is 5.64. The van der Waals surface area contributed by atoms with Crippen LogP contribution in [-0.2, 0) is 18.2 Å². The van der Waals surface area contributed by atoms with E-state index in [1.807, 2.05) is 18.7 Å². The molecular weight excluding hydrogens is 216 g/mol. The summed E-state index contributed by atoms with van der Waals surface area (Å²) in [7, 11) is 1.97. The number of rotatable bonds is 5. The molecule has 1 fully saturated rings. The Bertz CT molecular complexity index is 357. The number of nitrogens with zero attached hydrogens (tertiary/aromatic N) is 2. The molecule has 3 N–H and O–H groups in total. The molecular formula is C12H22N4O. The first-order valence-corrected chi connectivity index (χ1v) is 6.26. The molecule has 2 heterocycles. The van der Waals surface area contributed by atoms with E-state index in [0.717, 1.165) is 31.6 Å². The summed E-state index contributed by atoms with van der Waals surface area (Å²) in [6, 6.07) is 2.37. The van der Waals surface area contributed by atoms with E-state index < -0.39 is 0 Å². The van der Waals surface area contributed by atoms with Crippen molar-refractivity contribution >= 4 is 0 Å². The van der Waals surface area contributed by atoms with Crippen molar-refractivity contribution in [3.63, 3.8) is 0 Å². The summed E-state index contributed by atoms with van der Waals surface area (Å²) < 4.78 is 7.57. The van der Waals surface area contributed by atoms with Gasteiger partial charge in [-0.15, -0.1) is 0 Å². The number of hydrogen-bond donors (Lipinski definition) is 2. The molecule has 0 amide bonds. The van der Waals surface area contributed by atoms with Crippen LogP contribution in [0.15, 0.2) is 6.07 Å². The molecule has 1 saturated heterocycles. The van der Waals surface area contributed by atoms with Gasteiger partial charge in [0.15, 0.2) is 0 Å². The first kappa shape index (κ1) is 12.5. The third-order valence-corrected chi connectivity index (χ3v) is 3.36. The van der Waals surface area contributed by atoms with Crippen molar-refractivity contribution in [2.24, 2.45) is 12.9 Å². The van der Waals surface area contributed by atoms with E-state index in [0.29, 0.717) is 6.10 Å². The molecule has 1 aliphatic heterocycles. The summed E-state index contributed by atoms with van der Waals surface area (Å²) in [6.45, 7) is 2.90. The Hall–Kier alpha value is -0.910. The molecule has 2 atom stereocenters. The van der Waals surface area contributed by atoms with Crippen LogP contribution in [0.4, 0.5) is 0 Å². The van der Waals surface area contributed by atoms with Gasteiger partial charge in [0.2, 0.25) is 0 Å². The molecule has 0 aromatic carbocycles. The second-order valence-electron chi connectivity index (χ2n) is 4.84. The monoisotopic (exact) mass is 238 g/mol. The van der Waals surface area contributed by atoms with Crippen LogP contribution in [0.2, 0.25) is 0 Å². The first-order chi connectivity index (χ1) is 8.19. The Kier molecular flexibility index (Phi) is 4.15. The third-order valence-electron chi connectivity index (χ3n) is 3.36. The van der Waals surface area contributed by atoms with Gasteiger partial charge in [-0.3, -0.25) is 16.0 Å². The summed E-state index contributed by atoms with van der Waals surface area (Å²) in [5.74, 6) is 5.62. The Morgan fingerprint density at radius 3 is 3.06 bits per heavy atom. The Balaban J connectivity index is 1.92. The number of hydrogen-bond acceptors (Lipinski definition) is 4. The molecule has 0 radical (unpaired) electrons. The molecule has 5 nitrogen and oxygen atoms in total. The number of nitrogens with one attached hydrogen (secondary N) is 1. The average Bonchev–Trinajstić information content (AvgIpc) is 2.88. The van der Waals surface area contributed by atoms with Crippen LogP contribution in [0.5, 0.6) is 0 Å². The van der Waals surface area contributed by atoms with Crippen molar-refractivity contribution in [2.45, 2.75) is 44.8 Å². The van der Waals surface area contributed by atoms with E-state index in [4.69, 9.17) is 10.6 Å². The highest BCUT2D eigenvalue weighted by Crippen LogP contribution is 2.18. The van der Waals surface area contributed by atoms with Crippen LogP contribution in [0.1, 0.15) is 30.7 Å². The molecule has 0 bridgehead atoms. The summed E-state index contributed by atoms with van der Waals surface area (Å²) in [6.07, 6.45) is 4.56. The van der Waals surface area contributed by atoms with E-state index in [1.54, 1.807) is 0 Å². The number of hydrazine groups is 1. The van der Waals surface area contributed by atoms with Gasteiger partial charge in [0.05, 0.1) is 11.8 Å². The van der Waals surface area contributed by atoms with Crippen molar-refractivity contribution < 1.29 is 4.74 Å². The SMILES string of the molecule is Cc1cc(CC(CC2CCCO2)NN)n(C)n1. The zero-order chi connectivity index (χ0) is 12.3. The molecule has 2 unspecified atom stereocenters. The predicted molar refractivity (Wildman–Crippen MR) is 66.4 cm³/mol. The van der Waals surface area contributed by atoms with Crippen molar-refractivity contribution in [1.82, 2.24) is 15.2 Å². The second-order valence-corrected chi connectivity index (χ2v) is 4.84. The first-order valence-electron chi connectivity index (χ1n) is 6.26. The van der Waals surface area contributed by atoms with Gasteiger partial charge in [0.25, 0.3) is 0 Å². The molecule has 2 rings (SSSR count). The summed E-state index contributed by atoms with van der Waals surface area (Å²) in [4.78, 5) is 0. The molecule has 0 saturated carbocycles. The predicted octanol–water partition coefficient (Wildman–Crippen LogP) is 0.672. The van der Waals surface area contributed by atoms with Crippen molar-refractivity contribution in [2.75, 3.05) is 6.61 Å². The zero-order valence-electron chi connectivity index (χ0n) is 10.6. The number of aryl methyl sites for hydroxylation is 2. The van der Waals surface area contributed by atoms with Crippen LogP contribution < -0.4 is 11.3 Å². The molecule has 17 heavy (non-hydrogen) atoms. The summed E-state index contributed by atoms with van der Waals surface area (Å²) >= 11 is 0. The molecule has 96 valence electrons. The fraction of sp³-hybridized carbons (Fsp3) is 0.750. The summed E-state index contributed by atoms with van der Waals surface area (Å²) in [5.41, 5.74) is 5.16. The molecule has 0 spiro atoms. The van der Waals surface area contributed by atoms with Gasteiger partial charge < -0.3 is 4.74 Å². The lowest BCUT2D eigenvalue weighted by Gasteiger charge is -2.19. The van der Waals surface area contributed by atoms with Gasteiger partial charge in [-0.2, -0.15) is 5.10 Å². The van der Waals surface area contributed by atoms with Gasteiger partial charge >= 0.3 is 0 Å². The fourth-order valence-corrected chi connectivity index (χ4v) is 2.47. The van der Waals surface area contributed by atoms with Crippen LogP contribution in [0.3, 0.4) is 0 Å². The Labute approximate surface area is 102 Å². The maximum Gasteiger partial charge on any atom is 0.0596 e.